The predicted molar refractivity (Wildman–Crippen MR) is 118 cm³/mol. The Labute approximate surface area is 183 Å². The van der Waals surface area contributed by atoms with Crippen LogP contribution in [-0.2, 0) is 0 Å². The van der Waals surface area contributed by atoms with Crippen LogP contribution in [0.5, 0.6) is 17.2 Å². The van der Waals surface area contributed by atoms with Gasteiger partial charge >= 0.3 is 0 Å². The molecule has 31 heavy (non-hydrogen) atoms. The van der Waals surface area contributed by atoms with E-state index in [1.165, 1.54) is 20.5 Å². The minimum atomic E-state index is -0.376. The zero-order chi connectivity index (χ0) is 22.4. The van der Waals surface area contributed by atoms with Gasteiger partial charge in [-0.3, -0.25) is 15.6 Å². The quantitative estimate of drug-likeness (QED) is 0.386. The molecule has 0 aliphatic rings. The van der Waals surface area contributed by atoms with Crippen molar-refractivity contribution >= 4 is 40.5 Å². The van der Waals surface area contributed by atoms with Gasteiger partial charge in [-0.05, 0) is 30.3 Å². The maximum Gasteiger partial charge on any atom is 0.269 e. The molecule has 3 aromatic rings. The summed E-state index contributed by atoms with van der Waals surface area (Å²) in [6.45, 7) is 0. The average molecular weight is 445 g/mol. The van der Waals surface area contributed by atoms with Gasteiger partial charge in [-0.2, -0.15) is 0 Å². The zero-order valence-corrected chi connectivity index (χ0v) is 17.8. The molecule has 0 unspecified atom stereocenters. The number of nitrogens with one attached hydrogen (secondary N) is 3. The van der Waals surface area contributed by atoms with Crippen LogP contribution in [-0.4, -0.2) is 37.2 Å². The summed E-state index contributed by atoms with van der Waals surface area (Å²) in [6, 6.07) is 9.89. The minimum absolute atomic E-state index is 0.173. The largest absolute Gasteiger partial charge is 0.497 e. The molecule has 10 nitrogen and oxygen atoms in total. The molecule has 11 heteroatoms. The molecule has 0 saturated heterocycles. The fourth-order valence-corrected chi connectivity index (χ4v) is 2.85. The Morgan fingerprint density at radius 2 is 1.65 bits per heavy atom. The standard InChI is InChI=1S/C20H21ClN6O4/c1-29-12-6-4-11(5-7-12)20(28)27-26-19-17(22)18(23-10-24-19)25-14-8-13(21)15(30-2)9-16(14)31-3/h4-10H,22H2,1-3H3,(H,27,28)(H2,23,24,25,26). The van der Waals surface area contributed by atoms with Crippen molar-refractivity contribution in [2.45, 2.75) is 0 Å². The average Bonchev–Trinajstić information content (AvgIpc) is 2.79. The van der Waals surface area contributed by atoms with E-state index in [-0.39, 0.29) is 23.2 Å². The van der Waals surface area contributed by atoms with Gasteiger partial charge in [0, 0.05) is 11.6 Å². The fraction of sp³-hybridized carbons (Fsp3) is 0.150. The van der Waals surface area contributed by atoms with Crippen LogP contribution in [0, 0.1) is 0 Å². The first-order valence-electron chi connectivity index (χ1n) is 8.96. The number of benzene rings is 2. The van der Waals surface area contributed by atoms with Crippen LogP contribution in [0.4, 0.5) is 23.0 Å². The maximum atomic E-state index is 12.3. The number of ether oxygens (including phenoxy) is 3. The van der Waals surface area contributed by atoms with Crippen molar-refractivity contribution in [2.75, 3.05) is 37.8 Å². The van der Waals surface area contributed by atoms with Gasteiger partial charge in [0.05, 0.1) is 32.0 Å². The van der Waals surface area contributed by atoms with Gasteiger partial charge in [-0.15, -0.1) is 0 Å². The van der Waals surface area contributed by atoms with Crippen LogP contribution in [0.15, 0.2) is 42.7 Å². The fourth-order valence-electron chi connectivity index (χ4n) is 2.61. The number of nitrogen functional groups attached to an aromatic ring is 1. The highest BCUT2D eigenvalue weighted by Crippen LogP contribution is 2.38. The van der Waals surface area contributed by atoms with E-state index in [4.69, 9.17) is 31.5 Å². The lowest BCUT2D eigenvalue weighted by Crippen LogP contribution is -2.30. The Kier molecular flexibility index (Phi) is 6.83. The maximum absolute atomic E-state index is 12.3. The monoisotopic (exact) mass is 444 g/mol. The highest BCUT2D eigenvalue weighted by molar-refractivity contribution is 6.32. The molecule has 0 bridgehead atoms. The molecule has 0 aliphatic carbocycles. The predicted octanol–water partition coefficient (Wildman–Crippen LogP) is 3.24. The van der Waals surface area contributed by atoms with Crippen LogP contribution in [0.3, 0.4) is 0 Å². The van der Waals surface area contributed by atoms with Crippen LogP contribution < -0.4 is 36.1 Å². The number of aromatic nitrogens is 2. The molecule has 0 saturated carbocycles. The molecular formula is C20H21ClN6O4. The summed E-state index contributed by atoms with van der Waals surface area (Å²) in [4.78, 5) is 20.5. The third kappa shape index (κ3) is 4.98. The summed E-state index contributed by atoms with van der Waals surface area (Å²) < 4.78 is 15.6. The molecule has 0 atom stereocenters. The number of nitrogens with two attached hydrogens (primary N) is 1. The van der Waals surface area contributed by atoms with Gasteiger partial charge < -0.3 is 25.3 Å². The number of hydrazine groups is 1. The Morgan fingerprint density at radius 1 is 0.968 bits per heavy atom. The van der Waals surface area contributed by atoms with E-state index in [1.54, 1.807) is 43.5 Å². The molecule has 162 valence electrons. The van der Waals surface area contributed by atoms with E-state index in [9.17, 15) is 4.79 Å². The van der Waals surface area contributed by atoms with Gasteiger partial charge in [0.15, 0.2) is 11.6 Å². The number of nitrogens with zero attached hydrogens (tertiary/aromatic N) is 2. The lowest BCUT2D eigenvalue weighted by Gasteiger charge is -2.16. The molecule has 0 radical (unpaired) electrons. The first-order valence-corrected chi connectivity index (χ1v) is 9.34. The van der Waals surface area contributed by atoms with Gasteiger partial charge in [0.25, 0.3) is 5.91 Å². The van der Waals surface area contributed by atoms with E-state index >= 15 is 0 Å². The summed E-state index contributed by atoms with van der Waals surface area (Å²) >= 11 is 6.21. The van der Waals surface area contributed by atoms with E-state index < -0.39 is 0 Å². The summed E-state index contributed by atoms with van der Waals surface area (Å²) in [5.74, 6) is 1.70. The van der Waals surface area contributed by atoms with E-state index in [0.29, 0.717) is 33.5 Å². The number of amides is 1. The van der Waals surface area contributed by atoms with Crippen LogP contribution in [0.25, 0.3) is 0 Å². The van der Waals surface area contributed by atoms with Gasteiger partial charge in [-0.1, -0.05) is 11.6 Å². The molecule has 1 heterocycles. The molecule has 0 aliphatic heterocycles. The highest BCUT2D eigenvalue weighted by Gasteiger charge is 2.15. The summed E-state index contributed by atoms with van der Waals surface area (Å²) in [5.41, 5.74) is 12.5. The van der Waals surface area contributed by atoms with Crippen molar-refractivity contribution in [1.29, 1.82) is 0 Å². The Balaban J connectivity index is 1.76. The van der Waals surface area contributed by atoms with E-state index in [1.807, 2.05) is 0 Å². The number of carbonyl (C=O) groups is 1. The van der Waals surface area contributed by atoms with Crippen LogP contribution >= 0.6 is 11.6 Å². The number of anilines is 4. The van der Waals surface area contributed by atoms with Crippen molar-refractivity contribution in [1.82, 2.24) is 15.4 Å². The number of halogens is 1. The molecule has 2 aromatic carbocycles. The molecule has 1 aromatic heterocycles. The third-order valence-corrected chi connectivity index (χ3v) is 4.55. The second kappa shape index (κ2) is 9.72. The van der Waals surface area contributed by atoms with Gasteiger partial charge in [-0.25, -0.2) is 9.97 Å². The van der Waals surface area contributed by atoms with E-state index in [0.717, 1.165) is 0 Å². The summed E-state index contributed by atoms with van der Waals surface area (Å²) in [6.07, 6.45) is 1.29. The van der Waals surface area contributed by atoms with Gasteiger partial charge in [0.2, 0.25) is 0 Å². The second-order valence-electron chi connectivity index (χ2n) is 6.10. The number of hydrogen-bond acceptors (Lipinski definition) is 9. The molecule has 0 spiro atoms. The van der Waals surface area contributed by atoms with Crippen molar-refractivity contribution in [3.8, 4) is 17.2 Å². The van der Waals surface area contributed by atoms with Crippen molar-refractivity contribution in [2.24, 2.45) is 0 Å². The smallest absolute Gasteiger partial charge is 0.269 e. The lowest BCUT2D eigenvalue weighted by molar-refractivity contribution is 0.0962. The van der Waals surface area contributed by atoms with Crippen LogP contribution in [0.2, 0.25) is 5.02 Å². The van der Waals surface area contributed by atoms with E-state index in [2.05, 4.69) is 26.1 Å². The normalized spacial score (nSPS) is 10.2. The zero-order valence-electron chi connectivity index (χ0n) is 17.0. The number of hydrogen-bond donors (Lipinski definition) is 4. The summed E-state index contributed by atoms with van der Waals surface area (Å²) in [5, 5.41) is 3.43. The van der Waals surface area contributed by atoms with Gasteiger partial charge in [0.1, 0.15) is 29.3 Å². The molecule has 0 fully saturated rings. The molecular weight excluding hydrogens is 424 g/mol. The van der Waals surface area contributed by atoms with Crippen molar-refractivity contribution in [3.05, 3.63) is 53.3 Å². The van der Waals surface area contributed by atoms with Crippen molar-refractivity contribution < 1.29 is 19.0 Å². The first kappa shape index (κ1) is 21.8. The molecule has 5 N–H and O–H groups in total. The Bertz CT molecular complexity index is 1080. The summed E-state index contributed by atoms with van der Waals surface area (Å²) in [7, 11) is 4.57. The number of methoxy groups -OCH3 is 3. The molecule has 3 rings (SSSR count). The molecule has 1 amide bonds. The number of rotatable bonds is 8. The topological polar surface area (TPSA) is 133 Å². The van der Waals surface area contributed by atoms with Crippen LogP contribution in [0.1, 0.15) is 10.4 Å². The van der Waals surface area contributed by atoms with Crippen molar-refractivity contribution in [3.63, 3.8) is 0 Å². The highest BCUT2D eigenvalue weighted by atomic mass is 35.5. The SMILES string of the molecule is COc1ccc(C(=O)NNc2ncnc(Nc3cc(Cl)c(OC)cc3OC)c2N)cc1. The lowest BCUT2D eigenvalue weighted by atomic mass is 10.2. The Morgan fingerprint density at radius 3 is 2.29 bits per heavy atom. The second-order valence-corrected chi connectivity index (χ2v) is 6.51. The third-order valence-electron chi connectivity index (χ3n) is 4.26. The Hall–Kier alpha value is -3.92. The first-order chi connectivity index (χ1) is 15.0. The minimum Gasteiger partial charge on any atom is -0.497 e. The number of carbonyl (C=O) groups excluding carboxylic acids is 1.